The van der Waals surface area contributed by atoms with Crippen molar-refractivity contribution in [2.45, 2.75) is 26.8 Å². The van der Waals surface area contributed by atoms with E-state index in [1.165, 1.54) is 6.07 Å². The fourth-order valence-corrected chi connectivity index (χ4v) is 1.50. The highest BCUT2D eigenvalue weighted by Crippen LogP contribution is 2.18. The van der Waals surface area contributed by atoms with E-state index >= 15 is 0 Å². The van der Waals surface area contributed by atoms with Gasteiger partial charge in [-0.05, 0) is 30.2 Å². The first kappa shape index (κ1) is 14.5. The average Bonchev–Trinajstić information content (AvgIpc) is 2.31. The monoisotopic (exact) mass is 249 g/mol. The molecule has 0 fully saturated rings. The van der Waals surface area contributed by atoms with Crippen molar-refractivity contribution < 1.29 is 9.13 Å². The fourth-order valence-electron chi connectivity index (χ4n) is 1.50. The summed E-state index contributed by atoms with van der Waals surface area (Å²) in [4.78, 5) is 0. The lowest BCUT2D eigenvalue weighted by molar-refractivity contribution is 0.309. The summed E-state index contributed by atoms with van der Waals surface area (Å²) in [6, 6.07) is 5.01. The number of terminal acetylenes is 1. The van der Waals surface area contributed by atoms with Crippen LogP contribution < -0.4 is 10.1 Å². The van der Waals surface area contributed by atoms with Gasteiger partial charge in [0.2, 0.25) is 0 Å². The molecule has 0 aliphatic carbocycles. The first-order valence-corrected chi connectivity index (χ1v) is 6.19. The number of nitrogens with one attached hydrogen (secondary N) is 1. The van der Waals surface area contributed by atoms with Gasteiger partial charge in [-0.1, -0.05) is 19.9 Å². The molecule has 0 spiro atoms. The molecule has 2 nitrogen and oxygen atoms in total. The zero-order chi connectivity index (χ0) is 13.4. The molecule has 0 heterocycles. The van der Waals surface area contributed by atoms with E-state index < -0.39 is 0 Å². The Balaban J connectivity index is 2.48. The second kappa shape index (κ2) is 7.73. The number of hydrogen-bond donors (Lipinski definition) is 1. The summed E-state index contributed by atoms with van der Waals surface area (Å²) in [5, 5.41) is 3.27. The van der Waals surface area contributed by atoms with Crippen LogP contribution in [0, 0.1) is 24.1 Å². The molecule has 18 heavy (non-hydrogen) atoms. The van der Waals surface area contributed by atoms with Gasteiger partial charge in [-0.3, -0.25) is 0 Å². The number of benzene rings is 1. The van der Waals surface area contributed by atoms with E-state index in [0.717, 1.165) is 12.1 Å². The average molecular weight is 249 g/mol. The van der Waals surface area contributed by atoms with Gasteiger partial charge < -0.3 is 10.1 Å². The second-order valence-electron chi connectivity index (χ2n) is 4.59. The Morgan fingerprint density at radius 2 is 2.22 bits per heavy atom. The van der Waals surface area contributed by atoms with E-state index in [2.05, 4.69) is 25.1 Å². The fraction of sp³-hybridized carbons (Fsp3) is 0.467. The number of hydrogen-bond acceptors (Lipinski definition) is 2. The Morgan fingerprint density at radius 3 is 2.83 bits per heavy atom. The van der Waals surface area contributed by atoms with Gasteiger partial charge in [0.05, 0.1) is 6.61 Å². The number of halogens is 1. The highest BCUT2D eigenvalue weighted by atomic mass is 19.1. The summed E-state index contributed by atoms with van der Waals surface area (Å²) < 4.78 is 18.9. The first-order valence-electron chi connectivity index (χ1n) is 6.19. The van der Waals surface area contributed by atoms with Crippen molar-refractivity contribution in [3.63, 3.8) is 0 Å². The minimum atomic E-state index is -0.337. The van der Waals surface area contributed by atoms with Crippen molar-refractivity contribution in [3.8, 4) is 18.1 Å². The van der Waals surface area contributed by atoms with Gasteiger partial charge in [-0.25, -0.2) is 4.39 Å². The highest BCUT2D eigenvalue weighted by molar-refractivity contribution is 5.29. The molecule has 98 valence electrons. The van der Waals surface area contributed by atoms with E-state index in [-0.39, 0.29) is 11.6 Å². The highest BCUT2D eigenvalue weighted by Gasteiger charge is 2.04. The third kappa shape index (κ3) is 5.20. The van der Waals surface area contributed by atoms with Gasteiger partial charge in [0, 0.05) is 13.0 Å². The lowest BCUT2D eigenvalue weighted by atomic mass is 10.2. The summed E-state index contributed by atoms with van der Waals surface area (Å²) in [6.45, 7) is 6.20. The van der Waals surface area contributed by atoms with Crippen LogP contribution in [0.15, 0.2) is 18.2 Å². The van der Waals surface area contributed by atoms with Gasteiger partial charge in [-0.2, -0.15) is 0 Å². The lowest BCUT2D eigenvalue weighted by Crippen LogP contribution is -2.19. The maximum Gasteiger partial charge on any atom is 0.165 e. The smallest absolute Gasteiger partial charge is 0.165 e. The molecule has 0 amide bonds. The van der Waals surface area contributed by atoms with E-state index in [9.17, 15) is 4.39 Å². The quantitative estimate of drug-likeness (QED) is 0.592. The molecule has 0 aliphatic heterocycles. The third-order valence-electron chi connectivity index (χ3n) is 2.38. The van der Waals surface area contributed by atoms with Crippen molar-refractivity contribution in [1.82, 2.24) is 5.32 Å². The number of ether oxygens (including phenoxy) is 1. The molecule has 0 aromatic heterocycles. The normalized spacial score (nSPS) is 10.4. The molecular weight excluding hydrogens is 229 g/mol. The topological polar surface area (TPSA) is 21.3 Å². The Labute approximate surface area is 109 Å². The van der Waals surface area contributed by atoms with E-state index in [1.54, 1.807) is 6.07 Å². The third-order valence-corrected chi connectivity index (χ3v) is 2.38. The Bertz CT molecular complexity index is 409. The summed E-state index contributed by atoms with van der Waals surface area (Å²) in [6.07, 6.45) is 5.59. The van der Waals surface area contributed by atoms with Crippen molar-refractivity contribution in [3.05, 3.63) is 29.6 Å². The zero-order valence-electron chi connectivity index (χ0n) is 11.0. The predicted molar refractivity (Wildman–Crippen MR) is 71.9 cm³/mol. The van der Waals surface area contributed by atoms with Crippen LogP contribution in [0.2, 0.25) is 0 Å². The SMILES string of the molecule is C#CCCOc1ccc(CNCC(C)C)cc1F. The zero-order valence-corrected chi connectivity index (χ0v) is 11.0. The molecule has 0 radical (unpaired) electrons. The first-order chi connectivity index (χ1) is 8.63. The minimum absolute atomic E-state index is 0.262. The maximum atomic E-state index is 13.7. The largest absolute Gasteiger partial charge is 0.490 e. The molecule has 0 unspecified atom stereocenters. The Morgan fingerprint density at radius 1 is 1.44 bits per heavy atom. The van der Waals surface area contributed by atoms with Crippen LogP contribution in [-0.4, -0.2) is 13.2 Å². The van der Waals surface area contributed by atoms with E-state index in [0.29, 0.717) is 25.5 Å². The molecule has 3 heteroatoms. The van der Waals surface area contributed by atoms with E-state index in [4.69, 9.17) is 11.2 Å². The minimum Gasteiger partial charge on any atom is -0.490 e. The Hall–Kier alpha value is -1.53. The van der Waals surface area contributed by atoms with Crippen LogP contribution in [0.1, 0.15) is 25.8 Å². The molecule has 1 rings (SSSR count). The molecule has 0 aliphatic rings. The van der Waals surface area contributed by atoms with Crippen LogP contribution in [0.3, 0.4) is 0 Å². The van der Waals surface area contributed by atoms with Crippen LogP contribution in [-0.2, 0) is 6.54 Å². The maximum absolute atomic E-state index is 13.7. The van der Waals surface area contributed by atoms with Crippen LogP contribution in [0.4, 0.5) is 4.39 Å². The lowest BCUT2D eigenvalue weighted by Gasteiger charge is -2.09. The van der Waals surface area contributed by atoms with Crippen molar-refractivity contribution >= 4 is 0 Å². The van der Waals surface area contributed by atoms with Gasteiger partial charge in [-0.15, -0.1) is 12.3 Å². The van der Waals surface area contributed by atoms with Crippen LogP contribution in [0.5, 0.6) is 5.75 Å². The number of rotatable bonds is 7. The standard InChI is InChI=1S/C15H20FNO/c1-4-5-8-18-15-7-6-13(9-14(15)16)11-17-10-12(2)3/h1,6-7,9,12,17H,5,8,10-11H2,2-3H3. The second-order valence-corrected chi connectivity index (χ2v) is 4.59. The summed E-state index contributed by atoms with van der Waals surface area (Å²) in [7, 11) is 0. The molecular formula is C15H20FNO. The van der Waals surface area contributed by atoms with E-state index in [1.807, 2.05) is 6.07 Å². The Kier molecular flexibility index (Phi) is 6.24. The molecule has 1 aromatic carbocycles. The van der Waals surface area contributed by atoms with Crippen molar-refractivity contribution in [2.24, 2.45) is 5.92 Å². The summed E-state index contributed by atoms with van der Waals surface area (Å²) in [5.41, 5.74) is 0.914. The van der Waals surface area contributed by atoms with Gasteiger partial charge in [0.15, 0.2) is 11.6 Å². The predicted octanol–water partition coefficient (Wildman–Crippen LogP) is 2.97. The molecule has 1 N–H and O–H groups in total. The molecule has 0 bridgehead atoms. The molecule has 1 aromatic rings. The van der Waals surface area contributed by atoms with Gasteiger partial charge >= 0.3 is 0 Å². The molecule has 0 saturated heterocycles. The van der Waals surface area contributed by atoms with Crippen LogP contribution >= 0.6 is 0 Å². The molecule has 0 atom stereocenters. The van der Waals surface area contributed by atoms with Crippen LogP contribution in [0.25, 0.3) is 0 Å². The van der Waals surface area contributed by atoms with Gasteiger partial charge in [0.1, 0.15) is 0 Å². The summed E-state index contributed by atoms with van der Waals surface area (Å²) >= 11 is 0. The molecule has 0 saturated carbocycles. The van der Waals surface area contributed by atoms with Crippen molar-refractivity contribution in [2.75, 3.05) is 13.2 Å². The van der Waals surface area contributed by atoms with Crippen molar-refractivity contribution in [1.29, 1.82) is 0 Å². The summed E-state index contributed by atoms with van der Waals surface area (Å²) in [5.74, 6) is 2.96. The van der Waals surface area contributed by atoms with Gasteiger partial charge in [0.25, 0.3) is 0 Å².